The van der Waals surface area contributed by atoms with E-state index in [-0.39, 0.29) is 35.8 Å². The summed E-state index contributed by atoms with van der Waals surface area (Å²) in [5.41, 5.74) is 3.30. The molecule has 0 saturated carbocycles. The van der Waals surface area contributed by atoms with Crippen LogP contribution in [0.1, 0.15) is 29.3 Å². The largest absolute Gasteiger partial charge is 0.380 e. The van der Waals surface area contributed by atoms with Gasteiger partial charge in [-0.1, -0.05) is 73.7 Å². The van der Waals surface area contributed by atoms with E-state index in [0.717, 1.165) is 16.5 Å². The number of para-hydroxylation sites is 1. The molecule has 2 amide bonds. The molecule has 1 aromatic heterocycles. The van der Waals surface area contributed by atoms with Crippen LogP contribution >= 0.6 is 0 Å². The molecule has 6 heteroatoms. The lowest BCUT2D eigenvalue weighted by Gasteiger charge is -2.33. The van der Waals surface area contributed by atoms with Gasteiger partial charge in [0.15, 0.2) is 0 Å². The maximum Gasteiger partial charge on any atom is 0.253 e. The van der Waals surface area contributed by atoms with Crippen LogP contribution in [0, 0.1) is 11.8 Å². The van der Waals surface area contributed by atoms with E-state index in [1.165, 1.54) is 0 Å². The molecule has 3 unspecified atom stereocenters. The summed E-state index contributed by atoms with van der Waals surface area (Å²) in [6.45, 7) is 2.96. The molecule has 6 nitrogen and oxygen atoms in total. The van der Waals surface area contributed by atoms with Crippen LogP contribution in [0.3, 0.4) is 0 Å². The van der Waals surface area contributed by atoms with Crippen molar-refractivity contribution >= 4 is 28.3 Å². The summed E-state index contributed by atoms with van der Waals surface area (Å²) < 4.78 is 5.65. The predicted molar refractivity (Wildman–Crippen MR) is 141 cm³/mol. The molecule has 3 aromatic rings. The number of ether oxygens (including phenoxy) is 1. The van der Waals surface area contributed by atoms with Crippen LogP contribution in [0.15, 0.2) is 85.1 Å². The number of pyridine rings is 1. The molecular weight excluding hydrogens is 450 g/mol. The molecule has 2 aromatic carbocycles. The minimum absolute atomic E-state index is 0.0614. The van der Waals surface area contributed by atoms with Gasteiger partial charge in [-0.25, -0.2) is 0 Å². The van der Waals surface area contributed by atoms with Crippen LogP contribution < -0.4 is 5.32 Å². The van der Waals surface area contributed by atoms with E-state index in [1.807, 2.05) is 59.5 Å². The standard InChI is InChI=1S/C30H31N3O3/c1-20-9-6-14-25(21-10-4-3-5-11-21)27(20)30(35)33-19-24(36-2)17-23(33)18-32-29(34)26-15-7-12-22-13-8-16-31-28(22)26/h3-16,20,23-24,27H,17-19H2,1-2H3,(H,32,34)/t20?,23-,24?,27?/m0/s1. The molecule has 2 aliphatic rings. The van der Waals surface area contributed by atoms with E-state index >= 15 is 0 Å². The molecular formula is C30H31N3O3. The number of methoxy groups -OCH3 is 1. The van der Waals surface area contributed by atoms with E-state index in [4.69, 9.17) is 4.74 Å². The van der Waals surface area contributed by atoms with Gasteiger partial charge in [0.05, 0.1) is 29.1 Å². The SMILES string of the molecule is COC1C[C@@H](CNC(=O)c2cccc3cccnc23)N(C(=O)C2C(c3ccccc3)=CC=CC2C)C1. The lowest BCUT2D eigenvalue weighted by Crippen LogP contribution is -2.47. The number of amides is 2. The third kappa shape index (κ3) is 4.69. The zero-order chi connectivity index (χ0) is 25.1. The van der Waals surface area contributed by atoms with Crippen LogP contribution in [0.2, 0.25) is 0 Å². The third-order valence-electron chi connectivity index (χ3n) is 7.29. The normalized spacial score (nSPS) is 23.5. The van der Waals surface area contributed by atoms with Gasteiger partial charge in [0.1, 0.15) is 0 Å². The Labute approximate surface area is 211 Å². The monoisotopic (exact) mass is 481 g/mol. The molecule has 0 radical (unpaired) electrons. The first kappa shape index (κ1) is 23.9. The van der Waals surface area contributed by atoms with E-state index < -0.39 is 0 Å². The molecule has 36 heavy (non-hydrogen) atoms. The molecule has 1 aliphatic heterocycles. The van der Waals surface area contributed by atoms with Gasteiger partial charge in [-0.15, -0.1) is 0 Å². The van der Waals surface area contributed by atoms with Gasteiger partial charge >= 0.3 is 0 Å². The summed E-state index contributed by atoms with van der Waals surface area (Å²) in [7, 11) is 1.68. The molecule has 184 valence electrons. The van der Waals surface area contributed by atoms with Crippen molar-refractivity contribution in [3.05, 3.63) is 96.2 Å². The number of benzene rings is 2. The molecule has 0 spiro atoms. The average molecular weight is 482 g/mol. The fraction of sp³-hybridized carbons (Fsp3) is 0.300. The number of nitrogens with one attached hydrogen (secondary N) is 1. The summed E-state index contributed by atoms with van der Waals surface area (Å²) in [6.07, 6.45) is 8.48. The number of hydrogen-bond donors (Lipinski definition) is 1. The highest BCUT2D eigenvalue weighted by Crippen LogP contribution is 2.36. The van der Waals surface area contributed by atoms with Crippen molar-refractivity contribution in [2.45, 2.75) is 25.5 Å². The Bertz CT molecular complexity index is 1310. The van der Waals surface area contributed by atoms with Crippen molar-refractivity contribution in [2.24, 2.45) is 11.8 Å². The number of nitrogens with zero attached hydrogens (tertiary/aromatic N) is 2. The first-order valence-corrected chi connectivity index (χ1v) is 12.5. The lowest BCUT2D eigenvalue weighted by molar-refractivity contribution is -0.135. The number of allylic oxidation sites excluding steroid dienone is 3. The van der Waals surface area contributed by atoms with E-state index in [0.29, 0.717) is 30.6 Å². The summed E-state index contributed by atoms with van der Waals surface area (Å²) in [4.78, 5) is 33.5. The van der Waals surface area contributed by atoms with Crippen molar-refractivity contribution < 1.29 is 14.3 Å². The van der Waals surface area contributed by atoms with Crippen molar-refractivity contribution in [1.82, 2.24) is 15.2 Å². The maximum atomic E-state index is 14.0. The van der Waals surface area contributed by atoms with Crippen molar-refractivity contribution in [3.63, 3.8) is 0 Å². The molecule has 5 rings (SSSR count). The summed E-state index contributed by atoms with van der Waals surface area (Å²) >= 11 is 0. The topological polar surface area (TPSA) is 71.5 Å². The number of rotatable bonds is 6. The Morgan fingerprint density at radius 3 is 2.69 bits per heavy atom. The third-order valence-corrected chi connectivity index (χ3v) is 7.29. The fourth-order valence-electron chi connectivity index (χ4n) is 5.38. The minimum Gasteiger partial charge on any atom is -0.380 e. The maximum absolute atomic E-state index is 14.0. The Morgan fingerprint density at radius 2 is 1.89 bits per heavy atom. The Balaban J connectivity index is 1.36. The van der Waals surface area contributed by atoms with E-state index in [9.17, 15) is 9.59 Å². The molecule has 2 heterocycles. The highest BCUT2D eigenvalue weighted by Gasteiger charge is 2.41. The van der Waals surface area contributed by atoms with Crippen molar-refractivity contribution in [3.8, 4) is 0 Å². The lowest BCUT2D eigenvalue weighted by atomic mass is 9.79. The number of hydrogen-bond acceptors (Lipinski definition) is 4. The van der Waals surface area contributed by atoms with Gasteiger partial charge in [-0.3, -0.25) is 14.6 Å². The summed E-state index contributed by atoms with van der Waals surface area (Å²) in [6, 6.07) is 19.3. The molecule has 1 N–H and O–H groups in total. The van der Waals surface area contributed by atoms with Gasteiger partial charge in [-0.05, 0) is 35.6 Å². The van der Waals surface area contributed by atoms with Gasteiger partial charge in [0.25, 0.3) is 5.91 Å². The van der Waals surface area contributed by atoms with Gasteiger partial charge < -0.3 is 15.0 Å². The number of likely N-dealkylation sites (tertiary alicyclic amines) is 1. The summed E-state index contributed by atoms with van der Waals surface area (Å²) in [5, 5.41) is 3.98. The van der Waals surface area contributed by atoms with Crippen LogP contribution in [0.25, 0.3) is 16.5 Å². The summed E-state index contributed by atoms with van der Waals surface area (Å²) in [5.74, 6) is -0.330. The van der Waals surface area contributed by atoms with Crippen molar-refractivity contribution in [1.29, 1.82) is 0 Å². The predicted octanol–water partition coefficient (Wildman–Crippen LogP) is 4.49. The molecule has 4 atom stereocenters. The van der Waals surface area contributed by atoms with Gasteiger partial charge in [0.2, 0.25) is 5.91 Å². The fourth-order valence-corrected chi connectivity index (χ4v) is 5.38. The second-order valence-corrected chi connectivity index (χ2v) is 9.54. The molecule has 1 fully saturated rings. The minimum atomic E-state index is -0.284. The Morgan fingerprint density at radius 1 is 1.08 bits per heavy atom. The zero-order valence-corrected chi connectivity index (χ0v) is 20.6. The van der Waals surface area contributed by atoms with Crippen LogP contribution in [-0.4, -0.2) is 54.0 Å². The second kappa shape index (κ2) is 10.5. The van der Waals surface area contributed by atoms with Gasteiger partial charge in [-0.2, -0.15) is 0 Å². The first-order chi connectivity index (χ1) is 17.6. The zero-order valence-electron chi connectivity index (χ0n) is 20.6. The molecule has 1 aliphatic carbocycles. The average Bonchev–Trinajstić information content (AvgIpc) is 3.35. The highest BCUT2D eigenvalue weighted by atomic mass is 16.5. The number of carbonyl (C=O) groups excluding carboxylic acids is 2. The van der Waals surface area contributed by atoms with Crippen LogP contribution in [-0.2, 0) is 9.53 Å². The molecule has 1 saturated heterocycles. The van der Waals surface area contributed by atoms with Crippen LogP contribution in [0.5, 0.6) is 0 Å². The quantitative estimate of drug-likeness (QED) is 0.563. The van der Waals surface area contributed by atoms with Crippen molar-refractivity contribution in [2.75, 3.05) is 20.2 Å². The second-order valence-electron chi connectivity index (χ2n) is 9.54. The van der Waals surface area contributed by atoms with Gasteiger partial charge in [0, 0.05) is 31.8 Å². The first-order valence-electron chi connectivity index (χ1n) is 12.5. The van der Waals surface area contributed by atoms with Crippen LogP contribution in [0.4, 0.5) is 0 Å². The van der Waals surface area contributed by atoms with E-state index in [1.54, 1.807) is 19.4 Å². The Kier molecular flexibility index (Phi) is 6.96. The molecule has 0 bridgehead atoms. The highest BCUT2D eigenvalue weighted by molar-refractivity contribution is 6.05. The Hall–Kier alpha value is -3.77. The smallest absolute Gasteiger partial charge is 0.253 e. The number of carbonyl (C=O) groups is 2. The van der Waals surface area contributed by atoms with E-state index in [2.05, 4.69) is 35.4 Å². The number of aromatic nitrogens is 1. The number of fused-ring (bicyclic) bond motifs is 1.